The number of fused-ring (bicyclic) bond motifs is 1. The molecule has 9 heteroatoms. The fraction of sp³-hybridized carbons (Fsp3) is 0.217. The van der Waals surface area contributed by atoms with Gasteiger partial charge in [0.05, 0.1) is 25.8 Å². The van der Waals surface area contributed by atoms with Gasteiger partial charge in [0.15, 0.2) is 17.3 Å². The van der Waals surface area contributed by atoms with Crippen LogP contribution in [-0.2, 0) is 6.42 Å². The zero-order chi connectivity index (χ0) is 22.1. The van der Waals surface area contributed by atoms with Crippen LogP contribution >= 0.6 is 11.3 Å². The van der Waals surface area contributed by atoms with E-state index in [4.69, 9.17) is 9.47 Å². The Hall–Kier alpha value is -3.72. The summed E-state index contributed by atoms with van der Waals surface area (Å²) in [7, 11) is 3.26. The number of methoxy groups -OCH3 is 2. The van der Waals surface area contributed by atoms with E-state index in [1.165, 1.54) is 6.33 Å². The van der Waals surface area contributed by atoms with Gasteiger partial charge < -0.3 is 14.4 Å². The van der Waals surface area contributed by atoms with Gasteiger partial charge in [0.2, 0.25) is 0 Å². The third-order valence-electron chi connectivity index (χ3n) is 5.60. The summed E-state index contributed by atoms with van der Waals surface area (Å²) in [6.07, 6.45) is 5.34. The molecule has 1 unspecified atom stereocenters. The molecule has 0 saturated carbocycles. The second kappa shape index (κ2) is 8.43. The third kappa shape index (κ3) is 3.50. The quantitative estimate of drug-likeness (QED) is 0.466. The van der Waals surface area contributed by atoms with E-state index in [1.54, 1.807) is 54.9 Å². The van der Waals surface area contributed by atoms with Crippen molar-refractivity contribution in [2.75, 3.05) is 20.8 Å². The summed E-state index contributed by atoms with van der Waals surface area (Å²) in [5, 5.41) is 6.11. The lowest BCUT2D eigenvalue weighted by Crippen LogP contribution is -2.40. The lowest BCUT2D eigenvalue weighted by atomic mass is 9.90. The Labute approximate surface area is 189 Å². The molecule has 0 aliphatic carbocycles. The van der Waals surface area contributed by atoms with Crippen LogP contribution < -0.4 is 9.47 Å². The van der Waals surface area contributed by atoms with Gasteiger partial charge in [0, 0.05) is 17.6 Å². The van der Waals surface area contributed by atoms with Gasteiger partial charge in [-0.25, -0.2) is 14.6 Å². The second-order valence-corrected chi connectivity index (χ2v) is 8.30. The number of hydrogen-bond donors (Lipinski definition) is 0. The molecule has 1 aliphatic heterocycles. The SMILES string of the molecule is COc1cc2c(cc1OC)C(c1cccs1)N(C(=O)c1ccc(-n3cncn3)nc1)CC2. The normalized spacial score (nSPS) is 15.3. The molecule has 1 amide bonds. The molecule has 0 N–H and O–H groups in total. The predicted molar refractivity (Wildman–Crippen MR) is 120 cm³/mol. The molecule has 0 spiro atoms. The highest BCUT2D eigenvalue weighted by molar-refractivity contribution is 7.10. The van der Waals surface area contributed by atoms with Crippen molar-refractivity contribution in [2.45, 2.75) is 12.5 Å². The summed E-state index contributed by atoms with van der Waals surface area (Å²) in [6, 6.07) is 11.4. The molecule has 32 heavy (non-hydrogen) atoms. The standard InChI is InChI=1S/C23H21N5O3S/c1-30-18-10-15-7-8-27(22(20-4-3-9-32-20)17(15)11-19(18)31-2)23(29)16-5-6-21(25-12-16)28-14-24-13-26-28/h3-6,9-14,22H,7-8H2,1-2H3. The van der Waals surface area contributed by atoms with E-state index >= 15 is 0 Å². The van der Waals surface area contributed by atoms with Crippen molar-refractivity contribution in [3.05, 3.63) is 82.2 Å². The van der Waals surface area contributed by atoms with Crippen LogP contribution in [0, 0.1) is 0 Å². The molecule has 1 aromatic carbocycles. The number of rotatable bonds is 5. The topological polar surface area (TPSA) is 82.4 Å². The number of ether oxygens (including phenoxy) is 2. The van der Waals surface area contributed by atoms with Crippen molar-refractivity contribution in [1.29, 1.82) is 0 Å². The number of hydrogen-bond acceptors (Lipinski definition) is 7. The van der Waals surface area contributed by atoms with Crippen LogP contribution in [0.5, 0.6) is 11.5 Å². The van der Waals surface area contributed by atoms with Crippen LogP contribution in [0.4, 0.5) is 0 Å². The van der Waals surface area contributed by atoms with Crippen molar-refractivity contribution < 1.29 is 14.3 Å². The second-order valence-electron chi connectivity index (χ2n) is 7.32. The van der Waals surface area contributed by atoms with Gasteiger partial charge in [-0.2, -0.15) is 5.10 Å². The van der Waals surface area contributed by atoms with Gasteiger partial charge in [-0.15, -0.1) is 11.3 Å². The first-order chi connectivity index (χ1) is 15.7. The highest BCUT2D eigenvalue weighted by Crippen LogP contribution is 2.42. The molecule has 3 aromatic heterocycles. The van der Waals surface area contributed by atoms with Gasteiger partial charge in [-0.1, -0.05) is 6.07 Å². The van der Waals surface area contributed by atoms with Gasteiger partial charge >= 0.3 is 0 Å². The summed E-state index contributed by atoms with van der Waals surface area (Å²) in [6.45, 7) is 0.592. The first kappa shape index (κ1) is 20.2. The molecule has 162 valence electrons. The minimum atomic E-state index is -0.207. The molecule has 0 radical (unpaired) electrons. The molecule has 1 atom stereocenters. The lowest BCUT2D eigenvalue weighted by molar-refractivity contribution is 0.0696. The molecule has 5 rings (SSSR count). The summed E-state index contributed by atoms with van der Waals surface area (Å²) >= 11 is 1.63. The predicted octanol–water partition coefficient (Wildman–Crippen LogP) is 3.53. The average molecular weight is 448 g/mol. The van der Waals surface area contributed by atoms with E-state index in [-0.39, 0.29) is 11.9 Å². The van der Waals surface area contributed by atoms with Crippen LogP contribution in [-0.4, -0.2) is 51.3 Å². The minimum absolute atomic E-state index is 0.0681. The Morgan fingerprint density at radius 3 is 2.66 bits per heavy atom. The van der Waals surface area contributed by atoms with Crippen molar-refractivity contribution in [1.82, 2.24) is 24.6 Å². The molecular formula is C23H21N5O3S. The number of carbonyl (C=O) groups excluding carboxylic acids is 1. The van der Waals surface area contributed by atoms with E-state index in [2.05, 4.69) is 21.1 Å². The van der Waals surface area contributed by atoms with Crippen molar-refractivity contribution in [3.63, 3.8) is 0 Å². The molecule has 0 bridgehead atoms. The molecule has 0 saturated heterocycles. The minimum Gasteiger partial charge on any atom is -0.493 e. The molecule has 4 heterocycles. The Kier molecular flexibility index (Phi) is 5.32. The number of thiophene rings is 1. The zero-order valence-electron chi connectivity index (χ0n) is 17.6. The van der Waals surface area contributed by atoms with Crippen molar-refractivity contribution >= 4 is 17.2 Å². The highest BCUT2D eigenvalue weighted by Gasteiger charge is 2.34. The zero-order valence-corrected chi connectivity index (χ0v) is 18.5. The highest BCUT2D eigenvalue weighted by atomic mass is 32.1. The number of carbonyl (C=O) groups is 1. The number of aromatic nitrogens is 4. The molecule has 1 aliphatic rings. The number of nitrogens with zero attached hydrogens (tertiary/aromatic N) is 5. The van der Waals surface area contributed by atoms with Crippen molar-refractivity contribution in [2.24, 2.45) is 0 Å². The van der Waals surface area contributed by atoms with E-state index in [9.17, 15) is 4.79 Å². The molecule has 8 nitrogen and oxygen atoms in total. The van der Waals surface area contributed by atoms with Crippen LogP contribution in [0.15, 0.2) is 60.6 Å². The van der Waals surface area contributed by atoms with Gasteiger partial charge in [-0.3, -0.25) is 4.79 Å². The number of benzene rings is 1. The van der Waals surface area contributed by atoms with Crippen LogP contribution in [0.2, 0.25) is 0 Å². The Morgan fingerprint density at radius 1 is 1.16 bits per heavy atom. The maximum absolute atomic E-state index is 13.6. The van der Waals surface area contributed by atoms with Crippen LogP contribution in [0.3, 0.4) is 0 Å². The lowest BCUT2D eigenvalue weighted by Gasteiger charge is -2.37. The van der Waals surface area contributed by atoms with E-state index in [1.807, 2.05) is 28.5 Å². The Bertz CT molecular complexity index is 1220. The molecule has 0 fully saturated rings. The Morgan fingerprint density at radius 2 is 2.00 bits per heavy atom. The van der Waals surface area contributed by atoms with Gasteiger partial charge in [0.25, 0.3) is 5.91 Å². The monoisotopic (exact) mass is 447 g/mol. The fourth-order valence-corrected chi connectivity index (χ4v) is 4.91. The summed E-state index contributed by atoms with van der Waals surface area (Å²) in [4.78, 5) is 24.9. The molecular weight excluding hydrogens is 426 g/mol. The smallest absolute Gasteiger partial charge is 0.256 e. The number of amides is 1. The maximum Gasteiger partial charge on any atom is 0.256 e. The van der Waals surface area contributed by atoms with Gasteiger partial charge in [-0.05, 0) is 53.3 Å². The first-order valence-electron chi connectivity index (χ1n) is 10.1. The van der Waals surface area contributed by atoms with E-state index in [0.717, 1.165) is 22.4 Å². The van der Waals surface area contributed by atoms with Crippen LogP contribution in [0.25, 0.3) is 5.82 Å². The maximum atomic E-state index is 13.6. The largest absolute Gasteiger partial charge is 0.493 e. The van der Waals surface area contributed by atoms with E-state index < -0.39 is 0 Å². The number of pyridine rings is 1. The average Bonchev–Trinajstić information content (AvgIpc) is 3.57. The Balaban J connectivity index is 1.53. The molecule has 4 aromatic rings. The first-order valence-corrected chi connectivity index (χ1v) is 11.0. The fourth-order valence-electron chi connectivity index (χ4n) is 4.06. The summed E-state index contributed by atoms with van der Waals surface area (Å²) in [5.41, 5.74) is 2.74. The van der Waals surface area contributed by atoms with Crippen molar-refractivity contribution in [3.8, 4) is 17.3 Å². The summed E-state index contributed by atoms with van der Waals surface area (Å²) in [5.74, 6) is 1.89. The van der Waals surface area contributed by atoms with E-state index in [0.29, 0.717) is 29.4 Å². The summed E-state index contributed by atoms with van der Waals surface area (Å²) < 4.78 is 12.6. The third-order valence-corrected chi connectivity index (χ3v) is 6.52. The van der Waals surface area contributed by atoms with Crippen LogP contribution in [0.1, 0.15) is 32.4 Å². The van der Waals surface area contributed by atoms with Gasteiger partial charge in [0.1, 0.15) is 12.7 Å².